The van der Waals surface area contributed by atoms with Crippen molar-refractivity contribution in [3.05, 3.63) is 29.8 Å². The van der Waals surface area contributed by atoms with Crippen LogP contribution in [0.2, 0.25) is 6.04 Å². The smallest absolute Gasteiger partial charge is 0.493 e. The van der Waals surface area contributed by atoms with E-state index in [0.29, 0.717) is 50.3 Å². The Hall–Kier alpha value is -2.60. The lowest BCUT2D eigenvalue weighted by atomic mass is 10.2. The van der Waals surface area contributed by atoms with Gasteiger partial charge < -0.3 is 37.5 Å². The first-order valence-corrected chi connectivity index (χ1v) is 13.3. The minimum absolute atomic E-state index is 0.0640. The van der Waals surface area contributed by atoms with Crippen molar-refractivity contribution in [2.24, 2.45) is 0 Å². The van der Waals surface area contributed by atoms with Crippen molar-refractivity contribution >= 4 is 26.9 Å². The fourth-order valence-corrected chi connectivity index (χ4v) is 5.59. The van der Waals surface area contributed by atoms with Crippen molar-refractivity contribution in [3.8, 4) is 11.5 Å². The van der Waals surface area contributed by atoms with Crippen molar-refractivity contribution in [1.82, 2.24) is 5.32 Å². The van der Waals surface area contributed by atoms with Crippen LogP contribution in [0.5, 0.6) is 11.5 Å². The highest BCUT2D eigenvalue weighted by molar-refractivity contribution is 6.60. The number of nitrogens with one attached hydrogen (secondary N) is 1. The number of amides is 1. The van der Waals surface area contributed by atoms with Gasteiger partial charge in [-0.25, -0.2) is 9.59 Å². The van der Waals surface area contributed by atoms with Crippen LogP contribution in [-0.2, 0) is 27.5 Å². The summed E-state index contributed by atoms with van der Waals surface area (Å²) in [7, 11) is 0.112. The second-order valence-electron chi connectivity index (χ2n) is 6.76. The van der Waals surface area contributed by atoms with E-state index in [1.54, 1.807) is 24.3 Å². The Morgan fingerprint density at radius 1 is 0.971 bits per heavy atom. The molecule has 1 aromatic rings. The highest BCUT2D eigenvalue weighted by atomic mass is 28.4. The first-order valence-electron chi connectivity index (χ1n) is 11.3. The molecule has 0 unspecified atom stereocenters. The van der Waals surface area contributed by atoms with Gasteiger partial charge in [-0.15, -0.1) is 0 Å². The maximum absolute atomic E-state index is 11.9. The monoisotopic (exact) mass is 499 g/mol. The molecule has 0 heterocycles. The summed E-state index contributed by atoms with van der Waals surface area (Å²) >= 11 is 0. The molecule has 192 valence electrons. The molecule has 0 saturated heterocycles. The van der Waals surface area contributed by atoms with E-state index in [1.807, 2.05) is 20.8 Å². The van der Waals surface area contributed by atoms with E-state index in [4.69, 9.17) is 27.5 Å². The summed E-state index contributed by atoms with van der Waals surface area (Å²) in [6.45, 7) is 7.88. The largest absolute Gasteiger partial charge is 0.500 e. The number of carbonyl (C=O) groups excluding carboxylic acids is 2. The molecule has 0 aromatic heterocycles. The van der Waals surface area contributed by atoms with E-state index in [0.717, 1.165) is 5.56 Å². The topological polar surface area (TPSA) is 111 Å². The van der Waals surface area contributed by atoms with Gasteiger partial charge in [0.05, 0.1) is 14.2 Å². The van der Waals surface area contributed by atoms with Gasteiger partial charge in [0.1, 0.15) is 13.2 Å². The molecule has 10 nitrogen and oxygen atoms in total. The molecule has 0 spiro atoms. The summed E-state index contributed by atoms with van der Waals surface area (Å²) in [5, 5.41) is 2.71. The van der Waals surface area contributed by atoms with Gasteiger partial charge in [-0.2, -0.15) is 0 Å². The van der Waals surface area contributed by atoms with Gasteiger partial charge in [0, 0.05) is 38.5 Å². The van der Waals surface area contributed by atoms with Crippen molar-refractivity contribution in [3.63, 3.8) is 0 Å². The number of alkyl carbamates (subject to hydrolysis) is 1. The van der Waals surface area contributed by atoms with E-state index in [1.165, 1.54) is 20.3 Å². The zero-order valence-corrected chi connectivity index (χ0v) is 21.7. The Balaban J connectivity index is 2.39. The normalized spacial score (nSPS) is 11.3. The van der Waals surface area contributed by atoms with Crippen LogP contribution in [0.3, 0.4) is 0 Å². The molecular formula is C23H37NO9Si. The lowest BCUT2D eigenvalue weighted by molar-refractivity contribution is -0.134. The van der Waals surface area contributed by atoms with Gasteiger partial charge in [-0.3, -0.25) is 0 Å². The van der Waals surface area contributed by atoms with Gasteiger partial charge >= 0.3 is 20.9 Å². The van der Waals surface area contributed by atoms with E-state index in [9.17, 15) is 9.59 Å². The van der Waals surface area contributed by atoms with Crippen LogP contribution in [0.1, 0.15) is 32.8 Å². The highest BCUT2D eigenvalue weighted by Gasteiger charge is 2.39. The van der Waals surface area contributed by atoms with Crippen LogP contribution in [0, 0.1) is 0 Å². The van der Waals surface area contributed by atoms with Crippen LogP contribution in [0.15, 0.2) is 24.3 Å². The molecule has 0 bridgehead atoms. The summed E-state index contributed by atoms with van der Waals surface area (Å²) in [5.74, 6) is 0.529. The maximum atomic E-state index is 11.9. The number of esters is 1. The fraction of sp³-hybridized carbons (Fsp3) is 0.565. The lowest BCUT2D eigenvalue weighted by Crippen LogP contribution is -2.46. The van der Waals surface area contributed by atoms with Crippen molar-refractivity contribution in [1.29, 1.82) is 0 Å². The van der Waals surface area contributed by atoms with E-state index < -0.39 is 20.9 Å². The SMILES string of the molecule is CCO[Si](CCCNC(=O)OCCOc1ccc(/C=C/C(=O)OC)cc1OC)(OCC)OCC. The molecule has 34 heavy (non-hydrogen) atoms. The average Bonchev–Trinajstić information content (AvgIpc) is 2.83. The van der Waals surface area contributed by atoms with E-state index >= 15 is 0 Å². The number of methoxy groups -OCH3 is 2. The Morgan fingerprint density at radius 2 is 1.65 bits per heavy atom. The molecule has 1 aromatic carbocycles. The second-order valence-corrected chi connectivity index (χ2v) is 9.50. The molecule has 0 aliphatic rings. The second kappa shape index (κ2) is 16.9. The molecule has 11 heteroatoms. The van der Waals surface area contributed by atoms with Crippen LogP contribution in [0.4, 0.5) is 4.79 Å². The molecule has 0 saturated carbocycles. The molecule has 1 rings (SSSR count). The third-order valence-electron chi connectivity index (χ3n) is 4.40. The highest BCUT2D eigenvalue weighted by Crippen LogP contribution is 2.28. The van der Waals surface area contributed by atoms with Gasteiger partial charge in [-0.05, 0) is 51.0 Å². The maximum Gasteiger partial charge on any atom is 0.500 e. The van der Waals surface area contributed by atoms with Gasteiger partial charge in [0.25, 0.3) is 0 Å². The third kappa shape index (κ3) is 11.0. The predicted octanol–water partition coefficient (Wildman–Crippen LogP) is 3.42. The fourth-order valence-electron chi connectivity index (χ4n) is 2.97. The van der Waals surface area contributed by atoms with Crippen LogP contribution >= 0.6 is 0 Å². The minimum atomic E-state index is -2.71. The quantitative estimate of drug-likeness (QED) is 0.149. The minimum Gasteiger partial charge on any atom is -0.493 e. The molecule has 1 amide bonds. The Labute approximate surface area is 202 Å². The van der Waals surface area contributed by atoms with Crippen molar-refractivity contribution in [2.45, 2.75) is 33.2 Å². The number of hydrogen-bond acceptors (Lipinski definition) is 9. The molecular weight excluding hydrogens is 462 g/mol. The third-order valence-corrected chi connectivity index (χ3v) is 7.55. The van der Waals surface area contributed by atoms with Gasteiger partial charge in [0.2, 0.25) is 0 Å². The predicted molar refractivity (Wildman–Crippen MR) is 129 cm³/mol. The Bertz CT molecular complexity index is 756. The average molecular weight is 500 g/mol. The summed E-state index contributed by atoms with van der Waals surface area (Å²) in [5.41, 5.74) is 0.746. The zero-order valence-electron chi connectivity index (χ0n) is 20.7. The standard InChI is InChI=1S/C23H37NO9Si/c1-6-31-34(32-7-2,33-8-3)17-9-14-24-23(26)30-16-15-29-20-12-10-19(18-21(20)27-4)11-13-22(25)28-5/h10-13,18H,6-9,14-17H2,1-5H3,(H,24,26)/b13-11+. The number of rotatable bonds is 17. The Morgan fingerprint density at radius 3 is 2.24 bits per heavy atom. The van der Waals surface area contributed by atoms with E-state index in [-0.39, 0.29) is 13.2 Å². The zero-order chi connectivity index (χ0) is 25.2. The van der Waals surface area contributed by atoms with Gasteiger partial charge in [0.15, 0.2) is 11.5 Å². The summed E-state index contributed by atoms with van der Waals surface area (Å²) in [6, 6.07) is 5.80. The van der Waals surface area contributed by atoms with Crippen LogP contribution < -0.4 is 14.8 Å². The van der Waals surface area contributed by atoms with Gasteiger partial charge in [-0.1, -0.05) is 6.07 Å². The molecule has 0 fully saturated rings. The summed E-state index contributed by atoms with van der Waals surface area (Å²) in [4.78, 5) is 23.1. The Kier molecular flexibility index (Phi) is 14.6. The molecule has 0 aliphatic heterocycles. The lowest BCUT2D eigenvalue weighted by Gasteiger charge is -2.28. The number of hydrogen-bond donors (Lipinski definition) is 1. The summed E-state index contributed by atoms with van der Waals surface area (Å²) < 4.78 is 38.1. The first-order chi connectivity index (χ1) is 16.4. The first kappa shape index (κ1) is 29.4. The molecule has 1 N–H and O–H groups in total. The van der Waals surface area contributed by atoms with Crippen LogP contribution in [-0.4, -0.2) is 74.7 Å². The van der Waals surface area contributed by atoms with E-state index in [2.05, 4.69) is 10.1 Å². The van der Waals surface area contributed by atoms with Crippen molar-refractivity contribution in [2.75, 3.05) is 53.8 Å². The number of ether oxygens (including phenoxy) is 4. The molecule has 0 atom stereocenters. The number of benzene rings is 1. The molecule has 0 aliphatic carbocycles. The molecule has 0 radical (unpaired) electrons. The van der Waals surface area contributed by atoms with Crippen molar-refractivity contribution < 1.29 is 41.8 Å². The summed E-state index contributed by atoms with van der Waals surface area (Å²) in [6.07, 6.45) is 3.03. The number of carbonyl (C=O) groups is 2. The van der Waals surface area contributed by atoms with Crippen LogP contribution in [0.25, 0.3) is 6.08 Å².